The molecule has 1 aliphatic rings. The molecule has 17 heavy (non-hydrogen) atoms. The highest BCUT2D eigenvalue weighted by Gasteiger charge is 2.16. The topological polar surface area (TPSA) is 62.2 Å². The maximum Gasteiger partial charge on any atom is 0.356 e. The van der Waals surface area contributed by atoms with Crippen molar-refractivity contribution in [2.75, 3.05) is 16.8 Å². The SMILES string of the molecule is O=C(O)c1nc(NC2CCCSC2)ccc1Cl. The molecule has 6 heteroatoms. The Morgan fingerprint density at radius 1 is 1.59 bits per heavy atom. The van der Waals surface area contributed by atoms with E-state index in [0.717, 1.165) is 12.2 Å². The van der Waals surface area contributed by atoms with Crippen molar-refractivity contribution < 1.29 is 9.90 Å². The van der Waals surface area contributed by atoms with Gasteiger partial charge in [0.1, 0.15) is 5.82 Å². The molecule has 1 fully saturated rings. The number of pyridine rings is 1. The van der Waals surface area contributed by atoms with Gasteiger partial charge in [-0.3, -0.25) is 0 Å². The summed E-state index contributed by atoms with van der Waals surface area (Å²) in [7, 11) is 0. The zero-order valence-electron chi connectivity index (χ0n) is 9.15. The van der Waals surface area contributed by atoms with Crippen molar-refractivity contribution >= 4 is 35.1 Å². The number of carboxylic acids is 1. The number of hydrogen-bond acceptors (Lipinski definition) is 4. The Bertz CT molecular complexity index is 422. The molecule has 0 aromatic carbocycles. The highest BCUT2D eigenvalue weighted by atomic mass is 35.5. The number of nitrogens with one attached hydrogen (secondary N) is 1. The lowest BCUT2D eigenvalue weighted by Gasteiger charge is -2.23. The molecule has 4 nitrogen and oxygen atoms in total. The van der Waals surface area contributed by atoms with Crippen molar-refractivity contribution in [2.24, 2.45) is 0 Å². The number of aromatic carboxylic acids is 1. The average molecular weight is 273 g/mol. The summed E-state index contributed by atoms with van der Waals surface area (Å²) >= 11 is 7.66. The number of aromatic nitrogens is 1. The number of thioether (sulfide) groups is 1. The van der Waals surface area contributed by atoms with Crippen LogP contribution in [0, 0.1) is 0 Å². The fraction of sp³-hybridized carbons (Fsp3) is 0.455. The zero-order chi connectivity index (χ0) is 12.3. The lowest BCUT2D eigenvalue weighted by molar-refractivity contribution is 0.0691. The van der Waals surface area contributed by atoms with Gasteiger partial charge in [0.25, 0.3) is 0 Å². The standard InChI is InChI=1S/C11H13ClN2O2S/c12-8-3-4-9(14-10(8)11(15)16)13-7-2-1-5-17-6-7/h3-4,7H,1-2,5-6H2,(H,13,14)(H,15,16). The van der Waals surface area contributed by atoms with Crippen LogP contribution in [0.15, 0.2) is 12.1 Å². The van der Waals surface area contributed by atoms with E-state index in [4.69, 9.17) is 16.7 Å². The van der Waals surface area contributed by atoms with Crippen LogP contribution in [0.25, 0.3) is 0 Å². The van der Waals surface area contributed by atoms with Crippen LogP contribution in [0.2, 0.25) is 5.02 Å². The Hall–Kier alpha value is -0.940. The summed E-state index contributed by atoms with van der Waals surface area (Å²) in [5.41, 5.74) is -0.0971. The summed E-state index contributed by atoms with van der Waals surface area (Å²) in [4.78, 5) is 14.9. The minimum Gasteiger partial charge on any atom is -0.476 e. The molecular formula is C11H13ClN2O2S. The van der Waals surface area contributed by atoms with Gasteiger partial charge in [-0.2, -0.15) is 11.8 Å². The maximum absolute atomic E-state index is 10.9. The van der Waals surface area contributed by atoms with Gasteiger partial charge in [-0.1, -0.05) is 11.6 Å². The third-order valence-corrected chi connectivity index (χ3v) is 4.08. The predicted molar refractivity (Wildman–Crippen MR) is 70.2 cm³/mol. The molecule has 1 aliphatic heterocycles. The molecular weight excluding hydrogens is 260 g/mol. The fourth-order valence-electron chi connectivity index (χ4n) is 1.74. The monoisotopic (exact) mass is 272 g/mol. The van der Waals surface area contributed by atoms with Crippen molar-refractivity contribution in [2.45, 2.75) is 18.9 Å². The minimum atomic E-state index is -1.10. The Morgan fingerprint density at radius 3 is 3.06 bits per heavy atom. The van der Waals surface area contributed by atoms with E-state index >= 15 is 0 Å². The molecule has 1 unspecified atom stereocenters. The summed E-state index contributed by atoms with van der Waals surface area (Å²) < 4.78 is 0. The smallest absolute Gasteiger partial charge is 0.356 e. The van der Waals surface area contributed by atoms with Crippen molar-refractivity contribution in [3.8, 4) is 0 Å². The quantitative estimate of drug-likeness (QED) is 0.886. The van der Waals surface area contributed by atoms with Gasteiger partial charge >= 0.3 is 5.97 Å². The lowest BCUT2D eigenvalue weighted by Crippen LogP contribution is -2.26. The van der Waals surface area contributed by atoms with Crippen LogP contribution < -0.4 is 5.32 Å². The summed E-state index contributed by atoms with van der Waals surface area (Å²) in [5, 5.41) is 12.3. The highest BCUT2D eigenvalue weighted by Crippen LogP contribution is 2.22. The van der Waals surface area contributed by atoms with Crippen molar-refractivity contribution in [3.05, 3.63) is 22.8 Å². The molecule has 0 aliphatic carbocycles. The Labute approximate surface area is 109 Å². The van der Waals surface area contributed by atoms with E-state index in [-0.39, 0.29) is 10.7 Å². The first-order chi connectivity index (χ1) is 8.16. The number of hydrogen-bond donors (Lipinski definition) is 2. The number of carboxylic acid groups (broad SMARTS) is 1. The van der Waals surface area contributed by atoms with Crippen LogP contribution in [0.4, 0.5) is 5.82 Å². The third kappa shape index (κ3) is 3.26. The first-order valence-electron chi connectivity index (χ1n) is 5.41. The maximum atomic E-state index is 10.9. The Morgan fingerprint density at radius 2 is 2.41 bits per heavy atom. The summed E-state index contributed by atoms with van der Waals surface area (Å²) in [6.07, 6.45) is 2.28. The number of rotatable bonds is 3. The van der Waals surface area contributed by atoms with E-state index in [9.17, 15) is 4.79 Å². The Kier molecular flexibility index (Phi) is 4.12. The van der Waals surface area contributed by atoms with E-state index in [1.165, 1.54) is 12.2 Å². The van der Waals surface area contributed by atoms with Crippen LogP contribution in [0.3, 0.4) is 0 Å². The lowest BCUT2D eigenvalue weighted by atomic mass is 10.2. The largest absolute Gasteiger partial charge is 0.476 e. The number of anilines is 1. The van der Waals surface area contributed by atoms with Crippen molar-refractivity contribution in [1.29, 1.82) is 0 Å². The van der Waals surface area contributed by atoms with E-state index < -0.39 is 5.97 Å². The van der Waals surface area contributed by atoms with Crippen LogP contribution in [0.1, 0.15) is 23.3 Å². The van der Waals surface area contributed by atoms with Crippen LogP contribution in [-0.4, -0.2) is 33.6 Å². The molecule has 2 rings (SSSR count). The number of nitrogens with zero attached hydrogens (tertiary/aromatic N) is 1. The van der Waals surface area contributed by atoms with E-state index in [2.05, 4.69) is 10.3 Å². The molecule has 0 saturated carbocycles. The second-order valence-electron chi connectivity index (χ2n) is 3.89. The van der Waals surface area contributed by atoms with Gasteiger partial charge in [-0.15, -0.1) is 0 Å². The van der Waals surface area contributed by atoms with Crippen molar-refractivity contribution in [3.63, 3.8) is 0 Å². The van der Waals surface area contributed by atoms with Crippen LogP contribution in [-0.2, 0) is 0 Å². The molecule has 0 amide bonds. The molecule has 0 radical (unpaired) electrons. The second kappa shape index (κ2) is 5.60. The summed E-state index contributed by atoms with van der Waals surface area (Å²) in [5.74, 6) is 1.72. The van der Waals surface area contributed by atoms with Crippen LogP contribution in [0.5, 0.6) is 0 Å². The van der Waals surface area contributed by atoms with E-state index in [0.29, 0.717) is 11.9 Å². The second-order valence-corrected chi connectivity index (χ2v) is 5.45. The molecule has 1 atom stereocenters. The fourth-order valence-corrected chi connectivity index (χ4v) is 2.99. The summed E-state index contributed by atoms with van der Waals surface area (Å²) in [6.45, 7) is 0. The molecule has 1 aromatic rings. The van der Waals surface area contributed by atoms with Gasteiger partial charge in [0, 0.05) is 11.8 Å². The molecule has 1 aromatic heterocycles. The predicted octanol–water partition coefficient (Wildman–Crippen LogP) is 2.74. The first kappa shape index (κ1) is 12.5. The minimum absolute atomic E-state index is 0.0971. The molecule has 2 heterocycles. The van der Waals surface area contributed by atoms with Crippen molar-refractivity contribution in [1.82, 2.24) is 4.98 Å². The van der Waals surface area contributed by atoms with Gasteiger partial charge in [0.05, 0.1) is 5.02 Å². The summed E-state index contributed by atoms with van der Waals surface area (Å²) in [6, 6.07) is 3.65. The normalized spacial score (nSPS) is 19.9. The Balaban J connectivity index is 2.10. The molecule has 92 valence electrons. The molecule has 0 bridgehead atoms. The molecule has 0 spiro atoms. The number of halogens is 1. The highest BCUT2D eigenvalue weighted by molar-refractivity contribution is 7.99. The average Bonchev–Trinajstić information content (AvgIpc) is 2.32. The third-order valence-electron chi connectivity index (χ3n) is 2.56. The van der Waals surface area contributed by atoms with Gasteiger partial charge < -0.3 is 10.4 Å². The first-order valence-corrected chi connectivity index (χ1v) is 6.94. The molecule has 1 saturated heterocycles. The zero-order valence-corrected chi connectivity index (χ0v) is 10.7. The number of carbonyl (C=O) groups is 1. The van der Waals surface area contributed by atoms with Gasteiger partial charge in [-0.05, 0) is 30.7 Å². The molecule has 2 N–H and O–H groups in total. The van der Waals surface area contributed by atoms with Gasteiger partial charge in [0.15, 0.2) is 5.69 Å². The van der Waals surface area contributed by atoms with E-state index in [1.54, 1.807) is 12.1 Å². The van der Waals surface area contributed by atoms with Crippen LogP contribution >= 0.6 is 23.4 Å². The van der Waals surface area contributed by atoms with Gasteiger partial charge in [-0.25, -0.2) is 9.78 Å². The van der Waals surface area contributed by atoms with Gasteiger partial charge in [0.2, 0.25) is 0 Å². The van der Waals surface area contributed by atoms with E-state index in [1.807, 2.05) is 11.8 Å².